The van der Waals surface area contributed by atoms with Crippen molar-refractivity contribution in [2.75, 3.05) is 37.0 Å². The maximum atomic E-state index is 13.1. The molecule has 0 atom stereocenters. The molecule has 2 aromatic carbocycles. The highest BCUT2D eigenvalue weighted by atomic mass is 19.4. The second-order valence-corrected chi connectivity index (χ2v) is 11.0. The van der Waals surface area contributed by atoms with Gasteiger partial charge >= 0.3 is 12.2 Å². The molecule has 0 unspecified atom stereocenters. The number of fused-ring (bicyclic) bond motifs is 1. The predicted octanol–water partition coefficient (Wildman–Crippen LogP) is 4.99. The average Bonchev–Trinajstić information content (AvgIpc) is 3.44. The van der Waals surface area contributed by atoms with E-state index in [-0.39, 0.29) is 23.9 Å². The number of methoxy groups -OCH3 is 1. The topological polar surface area (TPSA) is 122 Å². The number of carbonyl (C=O) groups is 3. The van der Waals surface area contributed by atoms with Crippen LogP contribution < -0.4 is 20.3 Å². The molecule has 0 bridgehead atoms. The van der Waals surface area contributed by atoms with E-state index in [2.05, 4.69) is 20.5 Å². The van der Waals surface area contributed by atoms with Crippen LogP contribution in [0.25, 0.3) is 10.9 Å². The Morgan fingerprint density at radius 3 is 2.58 bits per heavy atom. The summed E-state index contributed by atoms with van der Waals surface area (Å²) in [4.78, 5) is 44.5. The zero-order chi connectivity index (χ0) is 31.7. The molecule has 45 heavy (non-hydrogen) atoms. The number of alkyl halides is 3. The molecule has 14 heteroatoms. The molecule has 0 saturated carbocycles. The Kier molecular flexibility index (Phi) is 8.14. The number of amides is 4. The molecule has 4 heterocycles. The number of hydrogen-bond acceptors (Lipinski definition) is 7. The molecule has 2 aliphatic rings. The minimum Gasteiger partial charge on any atom is -0.494 e. The second-order valence-electron chi connectivity index (χ2n) is 11.0. The standard InChI is InChI=1S/C31H30F3N7O4/c1-45-26-15-24-21(14-25(26)36-29(43)20-3-2-4-22(13-20)31(32,33)34)18-41(38-24)23-7-10-39(11-8-23)17-19-5-6-27(35-16-19)40-12-9-28(42)37-30(40)44/h2-6,13-16,18,23H,7-12,17H2,1H3,(H,36,43)(H,37,42,44). The van der Waals surface area contributed by atoms with Crippen molar-refractivity contribution in [2.45, 2.75) is 38.0 Å². The fourth-order valence-electron chi connectivity index (χ4n) is 5.61. The normalized spacial score (nSPS) is 16.6. The number of ether oxygens (including phenoxy) is 1. The van der Waals surface area contributed by atoms with Gasteiger partial charge in [-0.1, -0.05) is 12.1 Å². The Balaban J connectivity index is 1.08. The molecule has 2 fully saturated rings. The molecule has 11 nitrogen and oxygen atoms in total. The molecule has 4 amide bonds. The molecular weight excluding hydrogens is 591 g/mol. The SMILES string of the molecule is COc1cc2nn(C3CCN(Cc4ccc(N5CCC(=O)NC5=O)nc4)CC3)cc2cc1NC(=O)c1cccc(C(F)(F)F)c1. The van der Waals surface area contributed by atoms with E-state index in [4.69, 9.17) is 9.84 Å². The number of nitrogens with zero attached hydrogens (tertiary/aromatic N) is 5. The van der Waals surface area contributed by atoms with Gasteiger partial charge in [0.15, 0.2) is 0 Å². The van der Waals surface area contributed by atoms with E-state index in [1.807, 2.05) is 16.9 Å². The Bertz CT molecular complexity index is 1750. The lowest BCUT2D eigenvalue weighted by Crippen LogP contribution is -2.49. The van der Waals surface area contributed by atoms with Crippen molar-refractivity contribution < 1.29 is 32.3 Å². The first kappa shape index (κ1) is 30.1. The average molecular weight is 622 g/mol. The van der Waals surface area contributed by atoms with Gasteiger partial charge in [-0.25, -0.2) is 9.78 Å². The quantitative estimate of drug-likeness (QED) is 0.298. The first-order valence-electron chi connectivity index (χ1n) is 14.4. The van der Waals surface area contributed by atoms with E-state index in [9.17, 15) is 27.6 Å². The van der Waals surface area contributed by atoms with E-state index in [0.29, 0.717) is 35.9 Å². The summed E-state index contributed by atoms with van der Waals surface area (Å²) in [5.41, 5.74) is 0.998. The molecule has 0 radical (unpaired) electrons. The molecule has 2 aromatic heterocycles. The molecule has 0 aliphatic carbocycles. The van der Waals surface area contributed by atoms with Gasteiger partial charge in [0.25, 0.3) is 5.91 Å². The molecule has 6 rings (SSSR count). The Morgan fingerprint density at radius 1 is 1.09 bits per heavy atom. The van der Waals surface area contributed by atoms with Gasteiger partial charge in [-0.15, -0.1) is 0 Å². The lowest BCUT2D eigenvalue weighted by atomic mass is 10.0. The van der Waals surface area contributed by atoms with Crippen molar-refractivity contribution in [3.05, 3.63) is 77.6 Å². The van der Waals surface area contributed by atoms with Crippen LogP contribution in [0.1, 0.15) is 46.8 Å². The number of carbonyl (C=O) groups excluding carboxylic acids is 3. The zero-order valence-electron chi connectivity index (χ0n) is 24.3. The fraction of sp³-hybridized carbons (Fsp3) is 0.323. The summed E-state index contributed by atoms with van der Waals surface area (Å²) in [6.45, 7) is 2.68. The first-order valence-corrected chi connectivity index (χ1v) is 14.4. The maximum absolute atomic E-state index is 13.1. The van der Waals surface area contributed by atoms with E-state index in [0.717, 1.165) is 49.0 Å². The lowest BCUT2D eigenvalue weighted by molar-refractivity contribution is -0.137. The third-order valence-corrected chi connectivity index (χ3v) is 8.02. The zero-order valence-corrected chi connectivity index (χ0v) is 24.3. The van der Waals surface area contributed by atoms with Gasteiger partial charge in [0.2, 0.25) is 5.91 Å². The van der Waals surface area contributed by atoms with Gasteiger partial charge in [0.1, 0.15) is 11.6 Å². The summed E-state index contributed by atoms with van der Waals surface area (Å²) in [6.07, 6.45) is 1.06. The fourth-order valence-corrected chi connectivity index (χ4v) is 5.61. The number of nitrogens with one attached hydrogen (secondary N) is 2. The van der Waals surface area contributed by atoms with E-state index >= 15 is 0 Å². The maximum Gasteiger partial charge on any atom is 0.416 e. The molecule has 234 valence electrons. The molecule has 2 aliphatic heterocycles. The summed E-state index contributed by atoms with van der Waals surface area (Å²) < 4.78 is 46.8. The van der Waals surface area contributed by atoms with Crippen molar-refractivity contribution in [2.24, 2.45) is 0 Å². The van der Waals surface area contributed by atoms with Gasteiger partial charge in [-0.05, 0) is 48.7 Å². The van der Waals surface area contributed by atoms with Gasteiger partial charge in [-0.3, -0.25) is 29.4 Å². The number of benzene rings is 2. The van der Waals surface area contributed by atoms with E-state index < -0.39 is 23.7 Å². The number of anilines is 2. The van der Waals surface area contributed by atoms with Gasteiger partial charge in [0, 0.05) is 62.0 Å². The number of hydrogen-bond donors (Lipinski definition) is 2. The largest absolute Gasteiger partial charge is 0.494 e. The van der Waals surface area contributed by atoms with Crippen LogP contribution in [0.5, 0.6) is 5.75 Å². The summed E-state index contributed by atoms with van der Waals surface area (Å²) in [5.74, 6) is -0.123. The summed E-state index contributed by atoms with van der Waals surface area (Å²) in [6, 6.07) is 11.1. The number of rotatable bonds is 7. The number of likely N-dealkylation sites (tertiary alicyclic amines) is 1. The smallest absolute Gasteiger partial charge is 0.416 e. The third kappa shape index (κ3) is 6.60. The molecule has 2 N–H and O–H groups in total. The number of piperidine rings is 1. The van der Waals surface area contributed by atoms with Crippen LogP contribution in [0.15, 0.2) is 60.9 Å². The van der Waals surface area contributed by atoms with Gasteiger partial charge in [-0.2, -0.15) is 18.3 Å². The molecular formula is C31H30F3N7O4. The molecule has 2 saturated heterocycles. The van der Waals surface area contributed by atoms with Crippen molar-refractivity contribution in [3.8, 4) is 5.75 Å². The van der Waals surface area contributed by atoms with Crippen LogP contribution in [0, 0.1) is 0 Å². The highest BCUT2D eigenvalue weighted by molar-refractivity contribution is 6.06. The first-order chi connectivity index (χ1) is 21.6. The van der Waals surface area contributed by atoms with Crippen molar-refractivity contribution >= 4 is 40.3 Å². The van der Waals surface area contributed by atoms with Gasteiger partial charge < -0.3 is 10.1 Å². The third-order valence-electron chi connectivity index (χ3n) is 8.02. The summed E-state index contributed by atoms with van der Waals surface area (Å²) in [5, 5.41) is 10.5. The number of imide groups is 1. The molecule has 0 spiro atoms. The number of aromatic nitrogens is 3. The molecule has 4 aromatic rings. The second kappa shape index (κ2) is 12.2. The van der Waals surface area contributed by atoms with Crippen molar-refractivity contribution in [1.29, 1.82) is 0 Å². The van der Waals surface area contributed by atoms with Crippen LogP contribution >= 0.6 is 0 Å². The Labute approximate surface area is 256 Å². The van der Waals surface area contributed by atoms with Crippen molar-refractivity contribution in [1.82, 2.24) is 25.0 Å². The number of urea groups is 1. The summed E-state index contributed by atoms with van der Waals surface area (Å²) in [7, 11) is 1.45. The van der Waals surface area contributed by atoms with Crippen LogP contribution in [-0.2, 0) is 17.5 Å². The highest BCUT2D eigenvalue weighted by Crippen LogP contribution is 2.33. The van der Waals surface area contributed by atoms with Gasteiger partial charge in [0.05, 0.1) is 29.9 Å². The highest BCUT2D eigenvalue weighted by Gasteiger charge is 2.31. The number of halogens is 3. The van der Waals surface area contributed by atoms with Crippen LogP contribution in [0.3, 0.4) is 0 Å². The van der Waals surface area contributed by atoms with Crippen molar-refractivity contribution in [3.63, 3.8) is 0 Å². The van der Waals surface area contributed by atoms with Crippen LogP contribution in [0.2, 0.25) is 0 Å². The predicted molar refractivity (Wildman–Crippen MR) is 159 cm³/mol. The van der Waals surface area contributed by atoms with Crippen LogP contribution in [0.4, 0.5) is 29.5 Å². The van der Waals surface area contributed by atoms with Crippen LogP contribution in [-0.4, -0.2) is 64.3 Å². The number of pyridine rings is 1. The Hall–Kier alpha value is -4.98. The Morgan fingerprint density at radius 2 is 1.89 bits per heavy atom. The minimum absolute atomic E-state index is 0.117. The minimum atomic E-state index is -4.56. The van der Waals surface area contributed by atoms with E-state index in [1.165, 1.54) is 24.1 Å². The summed E-state index contributed by atoms with van der Waals surface area (Å²) >= 11 is 0. The lowest BCUT2D eigenvalue weighted by Gasteiger charge is -2.32. The monoisotopic (exact) mass is 621 g/mol. The van der Waals surface area contributed by atoms with E-state index in [1.54, 1.807) is 24.4 Å².